The number of rotatable bonds is 1. The minimum atomic E-state index is 0.333. The number of allylic oxidation sites excluding steroid dienone is 4. The van der Waals surface area contributed by atoms with E-state index < -0.39 is 0 Å². The summed E-state index contributed by atoms with van der Waals surface area (Å²) >= 11 is 0. The standard InChI is InChI=1S/C23H27NO/c1-23-10-2-3-21(23)19-6-4-16-13-17(25)5-7-18(16)22(19)20(14-23)15-8-11-24-12-9-15/h8-9,11-13,19-21H,2-7,10,14H2,1H3/t19-,20+,21-,23-/m0/s1. The Hall–Kier alpha value is -1.70. The number of carbonyl (C=O) groups excluding carboxylic acids is 1. The lowest BCUT2D eigenvalue weighted by atomic mass is 9.53. The van der Waals surface area contributed by atoms with Crippen molar-refractivity contribution in [3.05, 3.63) is 52.9 Å². The van der Waals surface area contributed by atoms with Crippen molar-refractivity contribution >= 4 is 5.78 Å². The van der Waals surface area contributed by atoms with Gasteiger partial charge in [0.25, 0.3) is 0 Å². The Balaban J connectivity index is 1.68. The highest BCUT2D eigenvalue weighted by Crippen LogP contribution is 2.63. The van der Waals surface area contributed by atoms with Gasteiger partial charge in [-0.2, -0.15) is 0 Å². The lowest BCUT2D eigenvalue weighted by Crippen LogP contribution is -2.40. The van der Waals surface area contributed by atoms with Crippen LogP contribution in [0.15, 0.2) is 47.3 Å². The van der Waals surface area contributed by atoms with Crippen LogP contribution in [0.2, 0.25) is 0 Å². The van der Waals surface area contributed by atoms with E-state index >= 15 is 0 Å². The summed E-state index contributed by atoms with van der Waals surface area (Å²) in [5, 5.41) is 0. The second kappa shape index (κ2) is 5.65. The molecular weight excluding hydrogens is 306 g/mol. The zero-order chi connectivity index (χ0) is 17.0. The normalized spacial score (nSPS) is 37.2. The molecule has 4 aliphatic carbocycles. The fourth-order valence-corrected chi connectivity index (χ4v) is 6.56. The monoisotopic (exact) mass is 333 g/mol. The molecule has 2 saturated carbocycles. The first-order chi connectivity index (χ1) is 12.2. The SMILES string of the molecule is C[C@@]12CCC[C@H]1[C@@H]1CCC3=CC(=O)CCC3=C1[C@@H](c1ccncc1)C2. The van der Waals surface area contributed by atoms with Crippen LogP contribution in [0.25, 0.3) is 0 Å². The zero-order valence-corrected chi connectivity index (χ0v) is 15.1. The van der Waals surface area contributed by atoms with E-state index in [-0.39, 0.29) is 0 Å². The Kier molecular flexibility index (Phi) is 3.52. The third-order valence-electron chi connectivity index (χ3n) is 7.62. The van der Waals surface area contributed by atoms with Gasteiger partial charge >= 0.3 is 0 Å². The zero-order valence-electron chi connectivity index (χ0n) is 15.1. The fraction of sp³-hybridized carbons (Fsp3) is 0.565. The van der Waals surface area contributed by atoms with E-state index in [1.54, 1.807) is 11.1 Å². The third-order valence-corrected chi connectivity index (χ3v) is 7.62. The molecule has 4 atom stereocenters. The smallest absolute Gasteiger partial charge is 0.156 e. The molecule has 0 bridgehead atoms. The molecule has 130 valence electrons. The van der Waals surface area contributed by atoms with Gasteiger partial charge < -0.3 is 0 Å². The van der Waals surface area contributed by atoms with Crippen molar-refractivity contribution in [1.82, 2.24) is 4.98 Å². The predicted molar refractivity (Wildman–Crippen MR) is 99.1 cm³/mol. The first-order valence-electron chi connectivity index (χ1n) is 10.0. The largest absolute Gasteiger partial charge is 0.295 e. The first-order valence-corrected chi connectivity index (χ1v) is 10.0. The predicted octanol–water partition coefficient (Wildman–Crippen LogP) is 5.37. The molecule has 25 heavy (non-hydrogen) atoms. The molecule has 0 spiro atoms. The van der Waals surface area contributed by atoms with Gasteiger partial charge in [0.15, 0.2) is 5.78 Å². The number of carbonyl (C=O) groups is 1. The number of pyridine rings is 1. The van der Waals surface area contributed by atoms with Gasteiger partial charge in [-0.15, -0.1) is 0 Å². The van der Waals surface area contributed by atoms with Gasteiger partial charge in [-0.25, -0.2) is 0 Å². The molecule has 1 aromatic rings. The molecular formula is C23H27NO. The second-order valence-electron chi connectivity index (χ2n) is 8.90. The van der Waals surface area contributed by atoms with Crippen LogP contribution < -0.4 is 0 Å². The Bertz CT molecular complexity index is 775. The van der Waals surface area contributed by atoms with Crippen LogP contribution in [-0.2, 0) is 4.79 Å². The second-order valence-corrected chi connectivity index (χ2v) is 8.90. The Morgan fingerprint density at radius 1 is 1.12 bits per heavy atom. The van der Waals surface area contributed by atoms with Crippen LogP contribution in [0.5, 0.6) is 0 Å². The molecule has 2 fully saturated rings. The number of nitrogens with zero attached hydrogens (tertiary/aromatic N) is 1. The average molecular weight is 333 g/mol. The van der Waals surface area contributed by atoms with Crippen molar-refractivity contribution < 1.29 is 4.79 Å². The fourth-order valence-electron chi connectivity index (χ4n) is 6.56. The summed E-state index contributed by atoms with van der Waals surface area (Å²) in [4.78, 5) is 16.2. The molecule has 1 heterocycles. The van der Waals surface area contributed by atoms with Crippen LogP contribution in [0, 0.1) is 17.3 Å². The summed E-state index contributed by atoms with van der Waals surface area (Å²) in [6, 6.07) is 4.44. The molecule has 4 aliphatic rings. The highest BCUT2D eigenvalue weighted by molar-refractivity contribution is 5.93. The lowest BCUT2D eigenvalue weighted by molar-refractivity contribution is -0.114. The average Bonchev–Trinajstić information content (AvgIpc) is 3.03. The summed E-state index contributed by atoms with van der Waals surface area (Å²) in [7, 11) is 0. The molecule has 0 radical (unpaired) electrons. The molecule has 0 saturated heterocycles. The maximum Gasteiger partial charge on any atom is 0.156 e. The van der Waals surface area contributed by atoms with Crippen LogP contribution in [-0.4, -0.2) is 10.8 Å². The number of fused-ring (bicyclic) bond motifs is 4. The van der Waals surface area contributed by atoms with Gasteiger partial charge in [0.1, 0.15) is 0 Å². The van der Waals surface area contributed by atoms with E-state index in [0.717, 1.165) is 24.7 Å². The van der Waals surface area contributed by atoms with Crippen molar-refractivity contribution in [3.8, 4) is 0 Å². The van der Waals surface area contributed by atoms with Gasteiger partial charge in [-0.05, 0) is 90.7 Å². The number of hydrogen-bond donors (Lipinski definition) is 0. The summed E-state index contributed by atoms with van der Waals surface area (Å²) < 4.78 is 0. The third kappa shape index (κ3) is 2.37. The Labute approximate surface area is 150 Å². The summed E-state index contributed by atoms with van der Waals surface area (Å²) in [6.07, 6.45) is 15.4. The van der Waals surface area contributed by atoms with Gasteiger partial charge in [-0.3, -0.25) is 9.78 Å². The molecule has 0 unspecified atom stereocenters. The Morgan fingerprint density at radius 2 is 1.96 bits per heavy atom. The van der Waals surface area contributed by atoms with E-state index in [1.807, 2.05) is 18.5 Å². The van der Waals surface area contributed by atoms with Crippen molar-refractivity contribution in [2.24, 2.45) is 17.3 Å². The van der Waals surface area contributed by atoms with Gasteiger partial charge in [0.05, 0.1) is 0 Å². The van der Waals surface area contributed by atoms with Crippen molar-refractivity contribution in [2.45, 2.75) is 64.2 Å². The van der Waals surface area contributed by atoms with Crippen LogP contribution in [0.3, 0.4) is 0 Å². The van der Waals surface area contributed by atoms with Gasteiger partial charge in [-0.1, -0.05) is 18.9 Å². The minimum Gasteiger partial charge on any atom is -0.295 e. The number of ketones is 1. The van der Waals surface area contributed by atoms with E-state index in [4.69, 9.17) is 0 Å². The quantitative estimate of drug-likeness (QED) is 0.691. The van der Waals surface area contributed by atoms with E-state index in [0.29, 0.717) is 23.5 Å². The van der Waals surface area contributed by atoms with E-state index in [1.165, 1.54) is 43.2 Å². The van der Waals surface area contributed by atoms with Crippen LogP contribution in [0.1, 0.15) is 69.8 Å². The van der Waals surface area contributed by atoms with Crippen LogP contribution in [0.4, 0.5) is 0 Å². The van der Waals surface area contributed by atoms with Gasteiger partial charge in [0, 0.05) is 24.7 Å². The topological polar surface area (TPSA) is 30.0 Å². The van der Waals surface area contributed by atoms with Crippen LogP contribution >= 0.6 is 0 Å². The molecule has 2 nitrogen and oxygen atoms in total. The molecule has 2 heteroatoms. The summed E-state index contributed by atoms with van der Waals surface area (Å²) in [6.45, 7) is 2.55. The minimum absolute atomic E-state index is 0.333. The molecule has 0 aliphatic heterocycles. The van der Waals surface area contributed by atoms with Crippen molar-refractivity contribution in [3.63, 3.8) is 0 Å². The van der Waals surface area contributed by atoms with Crippen molar-refractivity contribution in [2.75, 3.05) is 0 Å². The highest BCUT2D eigenvalue weighted by atomic mass is 16.1. The summed E-state index contributed by atoms with van der Waals surface area (Å²) in [5.41, 5.74) is 6.57. The molecule has 5 rings (SSSR count). The number of aromatic nitrogens is 1. The maximum absolute atomic E-state index is 12.0. The molecule has 0 aromatic carbocycles. The molecule has 1 aromatic heterocycles. The Morgan fingerprint density at radius 3 is 2.80 bits per heavy atom. The van der Waals surface area contributed by atoms with Gasteiger partial charge in [0.2, 0.25) is 0 Å². The first kappa shape index (κ1) is 15.5. The van der Waals surface area contributed by atoms with E-state index in [2.05, 4.69) is 24.0 Å². The maximum atomic E-state index is 12.0. The molecule has 0 N–H and O–H groups in total. The van der Waals surface area contributed by atoms with E-state index in [9.17, 15) is 4.79 Å². The lowest BCUT2D eigenvalue weighted by Gasteiger charge is -2.51. The van der Waals surface area contributed by atoms with Crippen molar-refractivity contribution in [1.29, 1.82) is 0 Å². The highest BCUT2D eigenvalue weighted by Gasteiger charge is 2.52. The summed E-state index contributed by atoms with van der Waals surface area (Å²) in [5.74, 6) is 2.45. The molecule has 0 amide bonds. The number of hydrogen-bond acceptors (Lipinski definition) is 2.